The first-order valence-corrected chi connectivity index (χ1v) is 5.17. The first kappa shape index (κ1) is 12.2. The van der Waals surface area contributed by atoms with E-state index in [1.54, 1.807) is 16.9 Å². The number of rotatable bonds is 6. The molecule has 0 atom stereocenters. The molecule has 1 aromatic rings. The smallest absolute Gasteiger partial charge is 0.303 e. The second-order valence-corrected chi connectivity index (χ2v) is 3.35. The van der Waals surface area contributed by atoms with Crippen LogP contribution in [0, 0.1) is 0 Å². The molecule has 0 saturated heterocycles. The summed E-state index contributed by atoms with van der Waals surface area (Å²) in [5, 5.41) is 15.1. The van der Waals surface area contributed by atoms with Crippen molar-refractivity contribution in [2.45, 2.75) is 32.7 Å². The number of anilines is 1. The highest BCUT2D eigenvalue weighted by Gasteiger charge is 2.05. The summed E-state index contributed by atoms with van der Waals surface area (Å²) in [6, 6.07) is 1.71. The fourth-order valence-corrected chi connectivity index (χ4v) is 1.21. The van der Waals surface area contributed by atoms with E-state index in [0.29, 0.717) is 12.2 Å². The van der Waals surface area contributed by atoms with Gasteiger partial charge in [-0.25, -0.2) is 0 Å². The minimum Gasteiger partial charge on any atom is -0.481 e. The molecular formula is C10H15N3O3. The van der Waals surface area contributed by atoms with Crippen molar-refractivity contribution in [3.05, 3.63) is 12.3 Å². The van der Waals surface area contributed by atoms with Crippen molar-refractivity contribution in [3.63, 3.8) is 0 Å². The predicted octanol–water partition coefficient (Wildman–Crippen LogP) is 1.10. The van der Waals surface area contributed by atoms with Crippen LogP contribution in [0.5, 0.6) is 0 Å². The van der Waals surface area contributed by atoms with Gasteiger partial charge in [0.05, 0.1) is 0 Å². The minimum absolute atomic E-state index is 0.0107. The molecular weight excluding hydrogens is 210 g/mol. The topological polar surface area (TPSA) is 84.2 Å². The van der Waals surface area contributed by atoms with Gasteiger partial charge in [-0.05, 0) is 13.3 Å². The summed E-state index contributed by atoms with van der Waals surface area (Å²) < 4.78 is 1.70. The first-order chi connectivity index (χ1) is 7.61. The molecule has 0 aliphatic heterocycles. The Morgan fingerprint density at radius 3 is 2.81 bits per heavy atom. The number of amides is 1. The molecule has 2 N–H and O–H groups in total. The first-order valence-electron chi connectivity index (χ1n) is 5.17. The fraction of sp³-hybridized carbons (Fsp3) is 0.500. The molecule has 6 heteroatoms. The number of carbonyl (C=O) groups excluding carboxylic acids is 1. The molecule has 1 aromatic heterocycles. The quantitative estimate of drug-likeness (QED) is 0.759. The molecule has 0 fully saturated rings. The van der Waals surface area contributed by atoms with E-state index in [1.165, 1.54) is 0 Å². The molecule has 0 aliphatic rings. The lowest BCUT2D eigenvalue weighted by Crippen LogP contribution is -2.12. The van der Waals surface area contributed by atoms with Crippen LogP contribution in [0.25, 0.3) is 0 Å². The summed E-state index contributed by atoms with van der Waals surface area (Å²) in [6.45, 7) is 2.69. The number of carbonyl (C=O) groups is 2. The van der Waals surface area contributed by atoms with Crippen molar-refractivity contribution >= 4 is 17.7 Å². The van der Waals surface area contributed by atoms with Gasteiger partial charge in [-0.2, -0.15) is 5.10 Å². The molecule has 0 unspecified atom stereocenters. The van der Waals surface area contributed by atoms with Gasteiger partial charge in [-0.15, -0.1) is 0 Å². The Hall–Kier alpha value is -1.85. The van der Waals surface area contributed by atoms with Crippen LogP contribution < -0.4 is 5.32 Å². The predicted molar refractivity (Wildman–Crippen MR) is 58.0 cm³/mol. The summed E-state index contributed by atoms with van der Waals surface area (Å²) in [4.78, 5) is 21.6. The number of aromatic nitrogens is 2. The number of aliphatic carboxylic acids is 1. The maximum atomic E-state index is 11.3. The van der Waals surface area contributed by atoms with Crippen LogP contribution in [0.2, 0.25) is 0 Å². The number of hydrogen-bond donors (Lipinski definition) is 2. The number of aryl methyl sites for hydroxylation is 1. The van der Waals surface area contributed by atoms with Crippen LogP contribution in [0.1, 0.15) is 26.2 Å². The molecule has 16 heavy (non-hydrogen) atoms. The van der Waals surface area contributed by atoms with Crippen LogP contribution in [-0.2, 0) is 16.1 Å². The third-order valence-corrected chi connectivity index (χ3v) is 2.03. The average Bonchev–Trinajstić information content (AvgIpc) is 2.65. The van der Waals surface area contributed by atoms with Crippen molar-refractivity contribution in [2.24, 2.45) is 0 Å². The van der Waals surface area contributed by atoms with Crippen molar-refractivity contribution in [2.75, 3.05) is 5.32 Å². The lowest BCUT2D eigenvalue weighted by molar-refractivity contribution is -0.137. The van der Waals surface area contributed by atoms with E-state index in [1.807, 2.05) is 6.92 Å². The Labute approximate surface area is 93.3 Å². The summed E-state index contributed by atoms with van der Waals surface area (Å²) >= 11 is 0. The van der Waals surface area contributed by atoms with Gasteiger partial charge in [-0.3, -0.25) is 14.3 Å². The molecule has 1 rings (SSSR count). The zero-order valence-electron chi connectivity index (χ0n) is 9.14. The van der Waals surface area contributed by atoms with Crippen LogP contribution in [0.15, 0.2) is 12.3 Å². The Morgan fingerprint density at radius 2 is 2.25 bits per heavy atom. The molecule has 0 radical (unpaired) electrons. The van der Waals surface area contributed by atoms with Crippen molar-refractivity contribution in [1.29, 1.82) is 0 Å². The largest absolute Gasteiger partial charge is 0.481 e. The van der Waals surface area contributed by atoms with Crippen LogP contribution >= 0.6 is 0 Å². The molecule has 0 saturated carbocycles. The highest BCUT2D eigenvalue weighted by atomic mass is 16.4. The average molecular weight is 225 g/mol. The van der Waals surface area contributed by atoms with E-state index in [2.05, 4.69) is 10.4 Å². The zero-order chi connectivity index (χ0) is 12.0. The van der Waals surface area contributed by atoms with Crippen molar-refractivity contribution in [1.82, 2.24) is 9.78 Å². The van der Waals surface area contributed by atoms with Gasteiger partial charge >= 0.3 is 5.97 Å². The van der Waals surface area contributed by atoms with Crippen molar-refractivity contribution in [3.8, 4) is 0 Å². The Morgan fingerprint density at radius 1 is 1.50 bits per heavy atom. The summed E-state index contributed by atoms with van der Waals surface area (Å²) in [5.41, 5.74) is 0. The summed E-state index contributed by atoms with van der Waals surface area (Å²) in [5.74, 6) is -0.590. The SMILES string of the molecule is CCn1ccc(NC(=O)CCCC(=O)O)n1. The lowest BCUT2D eigenvalue weighted by Gasteiger charge is -2.00. The zero-order valence-corrected chi connectivity index (χ0v) is 9.14. The molecule has 6 nitrogen and oxygen atoms in total. The Kier molecular flexibility index (Phi) is 4.50. The van der Waals surface area contributed by atoms with Gasteiger partial charge in [0.2, 0.25) is 5.91 Å². The summed E-state index contributed by atoms with van der Waals surface area (Å²) in [7, 11) is 0. The molecule has 1 amide bonds. The van der Waals surface area contributed by atoms with E-state index in [4.69, 9.17) is 5.11 Å². The van der Waals surface area contributed by atoms with Gasteiger partial charge in [0.25, 0.3) is 0 Å². The second-order valence-electron chi connectivity index (χ2n) is 3.35. The fourth-order valence-electron chi connectivity index (χ4n) is 1.21. The van der Waals surface area contributed by atoms with Crippen LogP contribution in [-0.4, -0.2) is 26.8 Å². The molecule has 0 spiro atoms. The molecule has 0 aromatic carbocycles. The van der Waals surface area contributed by atoms with Crippen LogP contribution in [0.3, 0.4) is 0 Å². The number of carboxylic acids is 1. The summed E-state index contributed by atoms with van der Waals surface area (Å²) in [6.07, 6.45) is 2.32. The van der Waals surface area contributed by atoms with E-state index in [-0.39, 0.29) is 18.7 Å². The number of nitrogens with one attached hydrogen (secondary N) is 1. The standard InChI is InChI=1S/C10H15N3O3/c1-2-13-7-6-8(12-13)11-9(14)4-3-5-10(15)16/h6-7H,2-5H2,1H3,(H,15,16)(H,11,12,14). The maximum Gasteiger partial charge on any atom is 0.303 e. The van der Waals surface area contributed by atoms with Crippen molar-refractivity contribution < 1.29 is 14.7 Å². The normalized spacial score (nSPS) is 10.1. The third-order valence-electron chi connectivity index (χ3n) is 2.03. The van der Waals surface area contributed by atoms with Gasteiger partial charge < -0.3 is 10.4 Å². The van der Waals surface area contributed by atoms with Gasteiger partial charge in [0, 0.05) is 31.6 Å². The second kappa shape index (κ2) is 5.89. The molecule has 88 valence electrons. The number of carboxylic acid groups (broad SMARTS) is 1. The number of hydrogen-bond acceptors (Lipinski definition) is 3. The Bertz CT molecular complexity index is 373. The maximum absolute atomic E-state index is 11.3. The Balaban J connectivity index is 2.31. The lowest BCUT2D eigenvalue weighted by atomic mass is 10.2. The van der Waals surface area contributed by atoms with Gasteiger partial charge in [-0.1, -0.05) is 0 Å². The monoisotopic (exact) mass is 225 g/mol. The molecule has 0 bridgehead atoms. The van der Waals surface area contributed by atoms with Gasteiger partial charge in [0.15, 0.2) is 5.82 Å². The molecule has 1 heterocycles. The number of nitrogens with zero attached hydrogens (tertiary/aromatic N) is 2. The minimum atomic E-state index is -0.886. The van der Waals surface area contributed by atoms with E-state index in [9.17, 15) is 9.59 Å². The van der Waals surface area contributed by atoms with Crippen LogP contribution in [0.4, 0.5) is 5.82 Å². The van der Waals surface area contributed by atoms with E-state index < -0.39 is 5.97 Å². The van der Waals surface area contributed by atoms with E-state index >= 15 is 0 Å². The third kappa shape index (κ3) is 4.12. The molecule has 0 aliphatic carbocycles. The highest BCUT2D eigenvalue weighted by molar-refractivity contribution is 5.89. The highest BCUT2D eigenvalue weighted by Crippen LogP contribution is 2.04. The van der Waals surface area contributed by atoms with E-state index in [0.717, 1.165) is 6.54 Å². The van der Waals surface area contributed by atoms with Gasteiger partial charge in [0.1, 0.15) is 0 Å².